The maximum Gasteiger partial charge on any atom is 0.348 e. The summed E-state index contributed by atoms with van der Waals surface area (Å²) in [4.78, 5) is 19.7. The Morgan fingerprint density at radius 3 is 2.60 bits per heavy atom. The maximum absolute atomic E-state index is 11.1. The van der Waals surface area contributed by atoms with Crippen LogP contribution in [-0.4, -0.2) is 21.9 Å². The van der Waals surface area contributed by atoms with E-state index in [1.165, 1.54) is 6.33 Å². The molecule has 0 aliphatic rings. The molecule has 0 aliphatic heterocycles. The molecule has 0 saturated heterocycles. The number of rotatable bonds is 4. The molecule has 0 fully saturated rings. The molecule has 0 unspecified atom stereocenters. The first-order chi connectivity index (χ1) is 9.49. The second-order valence-corrected chi connectivity index (χ2v) is 5.35. The largest absolute Gasteiger partial charge is 0.349 e. The van der Waals surface area contributed by atoms with Crippen molar-refractivity contribution >= 4 is 39.0 Å². The molecule has 6 nitrogen and oxygen atoms in total. The Kier molecular flexibility index (Phi) is 4.51. The van der Waals surface area contributed by atoms with Crippen molar-refractivity contribution in [3.05, 3.63) is 55.9 Å². The Morgan fingerprint density at radius 1 is 1.35 bits per heavy atom. The number of anilines is 1. The van der Waals surface area contributed by atoms with E-state index < -0.39 is 4.92 Å². The van der Waals surface area contributed by atoms with Crippen molar-refractivity contribution in [1.29, 1.82) is 0 Å². The molecular formula is C12H10BrClN4O2. The maximum atomic E-state index is 11.1. The van der Waals surface area contributed by atoms with E-state index in [2.05, 4.69) is 25.9 Å². The molecule has 0 amide bonds. The molecule has 1 aromatic heterocycles. The van der Waals surface area contributed by atoms with Crippen LogP contribution in [0.5, 0.6) is 0 Å². The number of hydrogen-bond acceptors (Lipinski definition) is 5. The fourth-order valence-corrected chi connectivity index (χ4v) is 2.19. The minimum absolute atomic E-state index is 0.164. The molecule has 8 heteroatoms. The number of nitro groups is 1. The van der Waals surface area contributed by atoms with Gasteiger partial charge in [0.25, 0.3) is 0 Å². The third-order valence-corrected chi connectivity index (χ3v) is 3.44. The normalized spacial score (nSPS) is 10.3. The third-order valence-electron chi connectivity index (χ3n) is 2.64. The molecule has 2 aromatic rings. The van der Waals surface area contributed by atoms with Crippen LogP contribution in [0.25, 0.3) is 0 Å². The summed E-state index contributed by atoms with van der Waals surface area (Å²) in [5.41, 5.74) is 0.716. The van der Waals surface area contributed by atoms with Crippen LogP contribution in [0.3, 0.4) is 0 Å². The molecular weight excluding hydrogens is 348 g/mol. The van der Waals surface area contributed by atoms with E-state index in [1.807, 2.05) is 24.3 Å². The average molecular weight is 358 g/mol. The summed E-state index contributed by atoms with van der Waals surface area (Å²) in [6.07, 6.45) is 1.21. The smallest absolute Gasteiger partial charge is 0.348 e. The molecule has 0 N–H and O–H groups in total. The lowest BCUT2D eigenvalue weighted by atomic mass is 10.2. The van der Waals surface area contributed by atoms with Gasteiger partial charge in [-0.2, -0.15) is 0 Å². The van der Waals surface area contributed by atoms with Crippen molar-refractivity contribution < 1.29 is 4.92 Å². The van der Waals surface area contributed by atoms with Crippen molar-refractivity contribution in [3.8, 4) is 0 Å². The first-order valence-electron chi connectivity index (χ1n) is 5.59. The highest BCUT2D eigenvalue weighted by molar-refractivity contribution is 9.10. The van der Waals surface area contributed by atoms with Gasteiger partial charge in [0.15, 0.2) is 0 Å². The van der Waals surface area contributed by atoms with E-state index in [0.717, 1.165) is 10.0 Å². The molecule has 0 radical (unpaired) electrons. The van der Waals surface area contributed by atoms with E-state index in [9.17, 15) is 10.1 Å². The predicted octanol–water partition coefficient (Wildman–Crippen LogP) is 3.44. The quantitative estimate of drug-likeness (QED) is 0.476. The van der Waals surface area contributed by atoms with E-state index >= 15 is 0 Å². The average Bonchev–Trinajstić information content (AvgIpc) is 2.40. The van der Waals surface area contributed by atoms with E-state index in [0.29, 0.717) is 6.54 Å². The Balaban J connectivity index is 2.29. The number of halogens is 2. The van der Waals surface area contributed by atoms with Gasteiger partial charge in [0.05, 0.1) is 4.92 Å². The SMILES string of the molecule is CN(Cc1ccc(Br)cc1)c1ncnc(Cl)c1[N+](=O)[O-]. The predicted molar refractivity (Wildman–Crippen MR) is 79.9 cm³/mol. The summed E-state index contributed by atoms with van der Waals surface area (Å²) >= 11 is 9.12. The van der Waals surface area contributed by atoms with E-state index in [-0.39, 0.29) is 16.7 Å². The van der Waals surface area contributed by atoms with Gasteiger partial charge in [-0.05, 0) is 17.7 Å². The third kappa shape index (κ3) is 3.23. The van der Waals surface area contributed by atoms with Crippen LogP contribution in [0.15, 0.2) is 35.1 Å². The van der Waals surface area contributed by atoms with Crippen LogP contribution in [0, 0.1) is 10.1 Å². The zero-order valence-corrected chi connectivity index (χ0v) is 12.8. The van der Waals surface area contributed by atoms with Gasteiger partial charge in [-0.3, -0.25) is 10.1 Å². The van der Waals surface area contributed by atoms with Gasteiger partial charge >= 0.3 is 5.69 Å². The highest BCUT2D eigenvalue weighted by Crippen LogP contribution is 2.31. The van der Waals surface area contributed by atoms with Crippen LogP contribution in [-0.2, 0) is 6.54 Å². The molecule has 0 bridgehead atoms. The zero-order chi connectivity index (χ0) is 14.7. The van der Waals surface area contributed by atoms with Crippen molar-refractivity contribution in [2.75, 3.05) is 11.9 Å². The van der Waals surface area contributed by atoms with E-state index in [1.54, 1.807) is 11.9 Å². The number of hydrogen-bond donors (Lipinski definition) is 0. The summed E-state index contributed by atoms with van der Waals surface area (Å²) in [5.74, 6) is 0.193. The second-order valence-electron chi connectivity index (χ2n) is 4.08. The monoisotopic (exact) mass is 356 g/mol. The van der Waals surface area contributed by atoms with Crippen molar-refractivity contribution in [1.82, 2.24) is 9.97 Å². The molecule has 104 valence electrons. The van der Waals surface area contributed by atoms with Crippen LogP contribution < -0.4 is 4.90 Å². The van der Waals surface area contributed by atoms with Gasteiger partial charge in [0, 0.05) is 18.1 Å². The van der Waals surface area contributed by atoms with Gasteiger partial charge in [0.1, 0.15) is 6.33 Å². The van der Waals surface area contributed by atoms with Crippen molar-refractivity contribution in [2.24, 2.45) is 0 Å². The molecule has 1 aromatic carbocycles. The molecule has 0 spiro atoms. The summed E-state index contributed by atoms with van der Waals surface area (Å²) in [6.45, 7) is 0.474. The number of aromatic nitrogens is 2. The minimum atomic E-state index is -0.574. The van der Waals surface area contributed by atoms with Gasteiger partial charge in [-0.1, -0.05) is 39.7 Å². The molecule has 0 saturated carbocycles. The second kappa shape index (κ2) is 6.15. The van der Waals surface area contributed by atoms with Crippen LogP contribution in [0.2, 0.25) is 5.15 Å². The summed E-state index contributed by atoms with van der Waals surface area (Å²) in [6, 6.07) is 7.67. The standard InChI is InChI=1S/C12H10BrClN4O2/c1-17(6-8-2-4-9(13)5-3-8)12-10(18(19)20)11(14)15-7-16-12/h2-5,7H,6H2,1H3. The van der Waals surface area contributed by atoms with Crippen molar-refractivity contribution in [3.63, 3.8) is 0 Å². The summed E-state index contributed by atoms with van der Waals surface area (Å²) in [7, 11) is 1.72. The molecule has 1 heterocycles. The van der Waals surface area contributed by atoms with E-state index in [4.69, 9.17) is 11.6 Å². The Labute approximate surface area is 128 Å². The van der Waals surface area contributed by atoms with Gasteiger partial charge < -0.3 is 4.90 Å². The lowest BCUT2D eigenvalue weighted by Gasteiger charge is -2.18. The first-order valence-corrected chi connectivity index (χ1v) is 6.76. The van der Waals surface area contributed by atoms with Crippen molar-refractivity contribution in [2.45, 2.75) is 6.54 Å². The molecule has 2 rings (SSSR count). The highest BCUT2D eigenvalue weighted by Gasteiger charge is 2.24. The van der Waals surface area contributed by atoms with Gasteiger partial charge in [-0.15, -0.1) is 0 Å². The van der Waals surface area contributed by atoms with Crippen LogP contribution in [0.1, 0.15) is 5.56 Å². The van der Waals surface area contributed by atoms with Gasteiger partial charge in [0.2, 0.25) is 11.0 Å². The summed E-state index contributed by atoms with van der Waals surface area (Å²) < 4.78 is 0.972. The highest BCUT2D eigenvalue weighted by atomic mass is 79.9. The number of benzene rings is 1. The zero-order valence-electron chi connectivity index (χ0n) is 10.5. The Bertz CT molecular complexity index is 636. The lowest BCUT2D eigenvalue weighted by Crippen LogP contribution is -2.19. The number of nitrogens with zero attached hydrogens (tertiary/aromatic N) is 4. The fraction of sp³-hybridized carbons (Fsp3) is 0.167. The Morgan fingerprint density at radius 2 is 2.00 bits per heavy atom. The lowest BCUT2D eigenvalue weighted by molar-refractivity contribution is -0.384. The minimum Gasteiger partial charge on any atom is -0.349 e. The summed E-state index contributed by atoms with van der Waals surface area (Å²) in [5, 5.41) is 10.9. The first kappa shape index (κ1) is 14.7. The molecule has 0 atom stereocenters. The molecule has 0 aliphatic carbocycles. The van der Waals surface area contributed by atoms with Gasteiger partial charge in [-0.25, -0.2) is 9.97 Å². The Hall–Kier alpha value is -1.73. The topological polar surface area (TPSA) is 72.2 Å². The molecule has 20 heavy (non-hydrogen) atoms. The van der Waals surface area contributed by atoms with Crippen LogP contribution in [0.4, 0.5) is 11.5 Å². The van der Waals surface area contributed by atoms with Crippen LogP contribution >= 0.6 is 27.5 Å². The fourth-order valence-electron chi connectivity index (χ4n) is 1.72.